The molecule has 1 aromatic carbocycles. The summed E-state index contributed by atoms with van der Waals surface area (Å²) in [4.78, 5) is 14.1. The predicted octanol–water partition coefficient (Wildman–Crippen LogP) is 1.39. The molecular formula is C15H18N4O. The normalized spacial score (nSPS) is 15.6. The molecule has 0 aliphatic carbocycles. The molecular weight excluding hydrogens is 252 g/mol. The fourth-order valence-corrected chi connectivity index (χ4v) is 2.64. The maximum Gasteiger partial charge on any atom is 0.254 e. The van der Waals surface area contributed by atoms with Crippen LogP contribution in [0.4, 0.5) is 0 Å². The summed E-state index contributed by atoms with van der Waals surface area (Å²) in [5, 5.41) is 4.18. The highest BCUT2D eigenvalue weighted by molar-refractivity contribution is 5.99. The number of aromatic nitrogens is 2. The molecule has 20 heavy (non-hydrogen) atoms. The van der Waals surface area contributed by atoms with E-state index in [-0.39, 0.29) is 11.9 Å². The number of fused-ring (bicyclic) bond motifs is 1. The number of amides is 1. The van der Waals surface area contributed by atoms with Gasteiger partial charge in [-0.15, -0.1) is 0 Å². The molecule has 1 aliphatic heterocycles. The number of nitrogens with two attached hydrogens (primary N) is 1. The number of carbonyl (C=O) groups is 1. The standard InChI is InChI=1S/C15H18N4O/c1-10(8-16)19-9-12-7-11(3-4-13(12)15(19)20)14-5-6-17-18(14)2/h3-7,10H,8-9,16H2,1-2H3. The maximum atomic E-state index is 12.3. The second-order valence-electron chi connectivity index (χ2n) is 5.23. The first-order valence-electron chi connectivity index (χ1n) is 6.74. The number of aryl methyl sites for hydroxylation is 1. The van der Waals surface area contributed by atoms with E-state index in [0.29, 0.717) is 13.1 Å². The van der Waals surface area contributed by atoms with Gasteiger partial charge in [0, 0.05) is 43.5 Å². The van der Waals surface area contributed by atoms with Gasteiger partial charge in [-0.3, -0.25) is 9.48 Å². The van der Waals surface area contributed by atoms with Crippen molar-refractivity contribution < 1.29 is 4.79 Å². The molecule has 5 nitrogen and oxygen atoms in total. The molecule has 2 aromatic rings. The molecule has 0 spiro atoms. The van der Waals surface area contributed by atoms with Crippen molar-refractivity contribution in [1.82, 2.24) is 14.7 Å². The first kappa shape index (κ1) is 12.9. The first-order valence-corrected chi connectivity index (χ1v) is 6.74. The Morgan fingerprint density at radius 1 is 1.40 bits per heavy atom. The van der Waals surface area contributed by atoms with Crippen molar-refractivity contribution in [1.29, 1.82) is 0 Å². The second kappa shape index (κ2) is 4.76. The van der Waals surface area contributed by atoms with Gasteiger partial charge >= 0.3 is 0 Å². The summed E-state index contributed by atoms with van der Waals surface area (Å²) in [5.74, 6) is 0.0782. The van der Waals surface area contributed by atoms with Crippen LogP contribution in [0, 0.1) is 0 Å². The molecule has 1 aromatic heterocycles. The molecule has 104 valence electrons. The Hall–Kier alpha value is -2.14. The SMILES string of the molecule is CC(CN)N1Cc2cc(-c3ccnn3C)ccc2C1=O. The van der Waals surface area contributed by atoms with Crippen LogP contribution in [0.15, 0.2) is 30.5 Å². The van der Waals surface area contributed by atoms with Crippen LogP contribution in [-0.4, -0.2) is 33.2 Å². The van der Waals surface area contributed by atoms with Crippen LogP contribution in [0.2, 0.25) is 0 Å². The molecule has 2 N–H and O–H groups in total. The van der Waals surface area contributed by atoms with E-state index in [1.165, 1.54) is 0 Å². The van der Waals surface area contributed by atoms with E-state index in [9.17, 15) is 4.79 Å². The van der Waals surface area contributed by atoms with Crippen LogP contribution in [-0.2, 0) is 13.6 Å². The molecule has 0 bridgehead atoms. The van der Waals surface area contributed by atoms with Gasteiger partial charge in [-0.05, 0) is 30.7 Å². The molecule has 1 amide bonds. The largest absolute Gasteiger partial charge is 0.330 e. The fourth-order valence-electron chi connectivity index (χ4n) is 2.64. The molecule has 2 heterocycles. The van der Waals surface area contributed by atoms with Crippen molar-refractivity contribution in [3.8, 4) is 11.3 Å². The Morgan fingerprint density at radius 2 is 2.20 bits per heavy atom. The molecule has 0 saturated heterocycles. The lowest BCUT2D eigenvalue weighted by molar-refractivity contribution is 0.0723. The van der Waals surface area contributed by atoms with Gasteiger partial charge in [-0.25, -0.2) is 0 Å². The highest BCUT2D eigenvalue weighted by Crippen LogP contribution is 2.29. The number of hydrogen-bond acceptors (Lipinski definition) is 3. The zero-order valence-corrected chi connectivity index (χ0v) is 11.7. The maximum absolute atomic E-state index is 12.3. The number of carbonyl (C=O) groups excluding carboxylic acids is 1. The van der Waals surface area contributed by atoms with Crippen LogP contribution in [0.5, 0.6) is 0 Å². The summed E-state index contributed by atoms with van der Waals surface area (Å²) >= 11 is 0. The highest BCUT2D eigenvalue weighted by atomic mass is 16.2. The van der Waals surface area contributed by atoms with Crippen molar-refractivity contribution in [2.24, 2.45) is 12.8 Å². The minimum atomic E-state index is 0.0649. The quantitative estimate of drug-likeness (QED) is 0.916. The third-order valence-electron chi connectivity index (χ3n) is 3.93. The van der Waals surface area contributed by atoms with Crippen LogP contribution < -0.4 is 5.73 Å². The first-order chi connectivity index (χ1) is 9.61. The summed E-state index contributed by atoms with van der Waals surface area (Å²) < 4.78 is 1.83. The summed E-state index contributed by atoms with van der Waals surface area (Å²) in [6.45, 7) is 3.10. The number of benzene rings is 1. The fraction of sp³-hybridized carbons (Fsp3) is 0.333. The van der Waals surface area contributed by atoms with Crippen molar-refractivity contribution >= 4 is 5.91 Å². The summed E-state index contributed by atoms with van der Waals surface area (Å²) in [6, 6.07) is 8.00. The number of nitrogens with zero attached hydrogens (tertiary/aromatic N) is 3. The van der Waals surface area contributed by atoms with Crippen molar-refractivity contribution in [2.45, 2.75) is 19.5 Å². The lowest BCUT2D eigenvalue weighted by Gasteiger charge is -2.22. The van der Waals surface area contributed by atoms with Gasteiger partial charge < -0.3 is 10.6 Å². The van der Waals surface area contributed by atoms with Gasteiger partial charge in [0.25, 0.3) is 5.91 Å². The molecule has 1 unspecified atom stereocenters. The molecule has 0 radical (unpaired) electrons. The van der Waals surface area contributed by atoms with Gasteiger partial charge in [0.2, 0.25) is 0 Å². The third-order valence-corrected chi connectivity index (χ3v) is 3.93. The van der Waals surface area contributed by atoms with Crippen LogP contribution >= 0.6 is 0 Å². The van der Waals surface area contributed by atoms with Crippen molar-refractivity contribution in [3.63, 3.8) is 0 Å². The van der Waals surface area contributed by atoms with Gasteiger partial charge in [0.1, 0.15) is 0 Å². The lowest BCUT2D eigenvalue weighted by Crippen LogP contribution is -2.38. The van der Waals surface area contributed by atoms with E-state index in [2.05, 4.69) is 11.2 Å². The summed E-state index contributed by atoms with van der Waals surface area (Å²) in [6.07, 6.45) is 1.77. The molecule has 1 aliphatic rings. The predicted molar refractivity (Wildman–Crippen MR) is 77.0 cm³/mol. The van der Waals surface area contributed by atoms with Gasteiger partial charge in [0.05, 0.1) is 5.69 Å². The number of hydrogen-bond donors (Lipinski definition) is 1. The zero-order valence-electron chi connectivity index (χ0n) is 11.7. The molecule has 5 heteroatoms. The highest BCUT2D eigenvalue weighted by Gasteiger charge is 2.30. The van der Waals surface area contributed by atoms with Gasteiger partial charge in [-0.2, -0.15) is 5.10 Å². The van der Waals surface area contributed by atoms with E-state index in [4.69, 9.17) is 5.73 Å². The minimum absolute atomic E-state index is 0.0649. The van der Waals surface area contributed by atoms with Gasteiger partial charge in [0.15, 0.2) is 0 Å². The molecule has 3 rings (SSSR count). The second-order valence-corrected chi connectivity index (χ2v) is 5.23. The average Bonchev–Trinajstić information content (AvgIpc) is 3.02. The smallest absolute Gasteiger partial charge is 0.254 e. The Kier molecular flexibility index (Phi) is 3.06. The molecule has 0 fully saturated rings. The minimum Gasteiger partial charge on any atom is -0.330 e. The zero-order chi connectivity index (χ0) is 14.3. The van der Waals surface area contributed by atoms with E-state index in [1.807, 2.05) is 41.8 Å². The van der Waals surface area contributed by atoms with Crippen molar-refractivity contribution in [3.05, 3.63) is 41.6 Å². The van der Waals surface area contributed by atoms with E-state index in [0.717, 1.165) is 22.4 Å². The van der Waals surface area contributed by atoms with Gasteiger partial charge in [-0.1, -0.05) is 6.07 Å². The monoisotopic (exact) mass is 270 g/mol. The Morgan fingerprint density at radius 3 is 2.85 bits per heavy atom. The lowest BCUT2D eigenvalue weighted by atomic mass is 10.0. The Balaban J connectivity index is 1.98. The Labute approximate surface area is 118 Å². The van der Waals surface area contributed by atoms with Crippen LogP contribution in [0.25, 0.3) is 11.3 Å². The average molecular weight is 270 g/mol. The van der Waals surface area contributed by atoms with E-state index < -0.39 is 0 Å². The van der Waals surface area contributed by atoms with E-state index in [1.54, 1.807) is 6.20 Å². The summed E-state index contributed by atoms with van der Waals surface area (Å²) in [5.41, 5.74) is 9.65. The van der Waals surface area contributed by atoms with Crippen LogP contribution in [0.3, 0.4) is 0 Å². The van der Waals surface area contributed by atoms with Crippen molar-refractivity contribution in [2.75, 3.05) is 6.54 Å². The third kappa shape index (κ3) is 1.91. The molecule has 0 saturated carbocycles. The topological polar surface area (TPSA) is 64.2 Å². The van der Waals surface area contributed by atoms with Crippen LogP contribution in [0.1, 0.15) is 22.8 Å². The summed E-state index contributed by atoms with van der Waals surface area (Å²) in [7, 11) is 1.91. The van der Waals surface area contributed by atoms with E-state index >= 15 is 0 Å². The molecule has 1 atom stereocenters. The number of rotatable bonds is 3. The Bertz CT molecular complexity index is 662.